The normalized spacial score (nSPS) is 11.3. The van der Waals surface area contributed by atoms with E-state index in [-0.39, 0.29) is 0 Å². The fourth-order valence-corrected chi connectivity index (χ4v) is 2.84. The molecule has 4 rings (SSSR count). The first kappa shape index (κ1) is 12.2. The molecule has 0 N–H and O–H groups in total. The van der Waals surface area contributed by atoms with E-state index in [1.165, 1.54) is 5.56 Å². The maximum atomic E-state index is 6.07. The lowest BCUT2D eigenvalue weighted by atomic mass is 10.1. The number of benzene rings is 2. The third-order valence-electron chi connectivity index (χ3n) is 3.78. The standard InChI is InChI=1S/C19H15NO/c1-12-6-5-7-14(10-12)18-19-16(11-13(2)20-18)15-8-3-4-9-17(15)21-19/h3-11H,1-2H3. The molecule has 4 aromatic rings. The third kappa shape index (κ3) is 1.91. The van der Waals surface area contributed by atoms with Gasteiger partial charge in [-0.3, -0.25) is 0 Å². The Bertz CT molecular complexity index is 966. The van der Waals surface area contributed by atoms with Gasteiger partial charge in [0.25, 0.3) is 0 Å². The highest BCUT2D eigenvalue weighted by Crippen LogP contribution is 2.35. The number of pyridine rings is 1. The van der Waals surface area contributed by atoms with Crippen LogP contribution in [0, 0.1) is 13.8 Å². The van der Waals surface area contributed by atoms with Crippen LogP contribution in [0.2, 0.25) is 0 Å². The molecule has 2 nitrogen and oxygen atoms in total. The summed E-state index contributed by atoms with van der Waals surface area (Å²) in [5.74, 6) is 0. The SMILES string of the molecule is Cc1cccc(-c2nc(C)cc3c2oc2ccccc23)c1. The van der Waals surface area contributed by atoms with Crippen LogP contribution in [0.3, 0.4) is 0 Å². The molecular weight excluding hydrogens is 258 g/mol. The van der Waals surface area contributed by atoms with Gasteiger partial charge in [-0.2, -0.15) is 0 Å². The van der Waals surface area contributed by atoms with Gasteiger partial charge in [-0.15, -0.1) is 0 Å². The highest BCUT2D eigenvalue weighted by molar-refractivity contribution is 6.08. The van der Waals surface area contributed by atoms with Crippen LogP contribution >= 0.6 is 0 Å². The zero-order valence-electron chi connectivity index (χ0n) is 12.1. The molecule has 0 bridgehead atoms. The number of fused-ring (bicyclic) bond motifs is 3. The summed E-state index contributed by atoms with van der Waals surface area (Å²) in [6, 6.07) is 18.6. The molecule has 0 saturated carbocycles. The van der Waals surface area contributed by atoms with Crippen LogP contribution in [-0.2, 0) is 0 Å². The Kier molecular flexibility index (Phi) is 2.58. The largest absolute Gasteiger partial charge is 0.454 e. The molecule has 0 spiro atoms. The summed E-state index contributed by atoms with van der Waals surface area (Å²) in [4.78, 5) is 4.71. The lowest BCUT2D eigenvalue weighted by Gasteiger charge is -2.04. The molecule has 0 aliphatic rings. The van der Waals surface area contributed by atoms with E-state index in [0.717, 1.165) is 38.9 Å². The highest BCUT2D eigenvalue weighted by Gasteiger charge is 2.14. The van der Waals surface area contributed by atoms with Crippen molar-refractivity contribution >= 4 is 21.9 Å². The van der Waals surface area contributed by atoms with Gasteiger partial charge in [-0.1, -0.05) is 42.0 Å². The van der Waals surface area contributed by atoms with Crippen molar-refractivity contribution in [3.05, 3.63) is 65.9 Å². The van der Waals surface area contributed by atoms with Crippen molar-refractivity contribution in [2.24, 2.45) is 0 Å². The summed E-state index contributed by atoms with van der Waals surface area (Å²) >= 11 is 0. The predicted octanol–water partition coefficient (Wildman–Crippen LogP) is 5.26. The second kappa shape index (κ2) is 4.45. The summed E-state index contributed by atoms with van der Waals surface area (Å²) in [5, 5.41) is 2.28. The Morgan fingerprint density at radius 1 is 0.857 bits per heavy atom. The number of aromatic nitrogens is 1. The van der Waals surface area contributed by atoms with Gasteiger partial charge in [0.2, 0.25) is 0 Å². The molecule has 2 aromatic heterocycles. The topological polar surface area (TPSA) is 26.0 Å². The molecule has 21 heavy (non-hydrogen) atoms. The number of rotatable bonds is 1. The summed E-state index contributed by atoms with van der Waals surface area (Å²) in [7, 11) is 0. The molecule has 0 radical (unpaired) electrons. The lowest BCUT2D eigenvalue weighted by Crippen LogP contribution is -1.88. The van der Waals surface area contributed by atoms with Gasteiger partial charge in [0.1, 0.15) is 11.3 Å². The smallest absolute Gasteiger partial charge is 0.161 e. The summed E-state index contributed by atoms with van der Waals surface area (Å²) in [6.07, 6.45) is 0. The van der Waals surface area contributed by atoms with E-state index in [4.69, 9.17) is 9.40 Å². The van der Waals surface area contributed by atoms with Crippen molar-refractivity contribution in [2.45, 2.75) is 13.8 Å². The summed E-state index contributed by atoms with van der Waals surface area (Å²) in [6.45, 7) is 4.12. The van der Waals surface area contributed by atoms with E-state index >= 15 is 0 Å². The van der Waals surface area contributed by atoms with Crippen LogP contribution in [0.5, 0.6) is 0 Å². The average Bonchev–Trinajstić information content (AvgIpc) is 2.85. The fourth-order valence-electron chi connectivity index (χ4n) is 2.84. The third-order valence-corrected chi connectivity index (χ3v) is 3.78. The second-order valence-electron chi connectivity index (χ2n) is 5.46. The van der Waals surface area contributed by atoms with E-state index in [2.05, 4.69) is 43.3 Å². The molecule has 0 unspecified atom stereocenters. The van der Waals surface area contributed by atoms with Crippen LogP contribution in [0.1, 0.15) is 11.3 Å². The van der Waals surface area contributed by atoms with E-state index in [9.17, 15) is 0 Å². The maximum absolute atomic E-state index is 6.07. The fraction of sp³-hybridized carbons (Fsp3) is 0.105. The van der Waals surface area contributed by atoms with Crippen molar-refractivity contribution in [1.29, 1.82) is 0 Å². The molecular formula is C19H15NO. The van der Waals surface area contributed by atoms with Crippen LogP contribution in [0.15, 0.2) is 59.0 Å². The van der Waals surface area contributed by atoms with Gasteiger partial charge < -0.3 is 4.42 Å². The number of hydrogen-bond donors (Lipinski definition) is 0. The minimum absolute atomic E-state index is 0.868. The molecule has 0 aliphatic carbocycles. The first-order valence-electron chi connectivity index (χ1n) is 7.08. The van der Waals surface area contributed by atoms with Crippen molar-refractivity contribution in [1.82, 2.24) is 4.98 Å². The molecule has 2 heterocycles. The van der Waals surface area contributed by atoms with E-state index in [0.29, 0.717) is 0 Å². The highest BCUT2D eigenvalue weighted by atomic mass is 16.3. The molecule has 0 aliphatic heterocycles. The maximum Gasteiger partial charge on any atom is 0.161 e. The Balaban J connectivity index is 2.13. The Morgan fingerprint density at radius 3 is 2.57 bits per heavy atom. The number of nitrogens with zero attached hydrogens (tertiary/aromatic N) is 1. The molecule has 2 aromatic carbocycles. The first-order chi connectivity index (χ1) is 10.2. The number of furan rings is 1. The quantitative estimate of drug-likeness (QED) is 0.472. The minimum Gasteiger partial charge on any atom is -0.454 e. The molecule has 0 amide bonds. The molecule has 102 valence electrons. The Labute approximate surface area is 123 Å². The average molecular weight is 273 g/mol. The minimum atomic E-state index is 0.868. The van der Waals surface area contributed by atoms with E-state index in [1.54, 1.807) is 0 Å². The van der Waals surface area contributed by atoms with E-state index in [1.807, 2.05) is 25.1 Å². The lowest BCUT2D eigenvalue weighted by molar-refractivity contribution is 0.668. The van der Waals surface area contributed by atoms with Gasteiger partial charge >= 0.3 is 0 Å². The summed E-state index contributed by atoms with van der Waals surface area (Å²) < 4.78 is 6.07. The monoisotopic (exact) mass is 273 g/mol. The predicted molar refractivity (Wildman–Crippen MR) is 86.4 cm³/mol. The first-order valence-corrected chi connectivity index (χ1v) is 7.08. The Hall–Kier alpha value is -2.61. The van der Waals surface area contributed by atoms with E-state index < -0.39 is 0 Å². The zero-order valence-corrected chi connectivity index (χ0v) is 12.1. The van der Waals surface area contributed by atoms with Crippen LogP contribution in [-0.4, -0.2) is 4.98 Å². The van der Waals surface area contributed by atoms with Crippen molar-refractivity contribution < 1.29 is 4.42 Å². The molecule has 0 saturated heterocycles. The number of para-hydroxylation sites is 1. The number of aryl methyl sites for hydroxylation is 2. The van der Waals surface area contributed by atoms with Gasteiger partial charge in [-0.25, -0.2) is 4.98 Å². The van der Waals surface area contributed by atoms with Gasteiger partial charge in [0, 0.05) is 22.0 Å². The van der Waals surface area contributed by atoms with Gasteiger partial charge in [0.05, 0.1) is 0 Å². The van der Waals surface area contributed by atoms with Crippen molar-refractivity contribution in [3.8, 4) is 11.3 Å². The van der Waals surface area contributed by atoms with Crippen LogP contribution < -0.4 is 0 Å². The van der Waals surface area contributed by atoms with Crippen molar-refractivity contribution in [2.75, 3.05) is 0 Å². The summed E-state index contributed by atoms with van der Waals surface area (Å²) in [5.41, 5.74) is 6.03. The van der Waals surface area contributed by atoms with Crippen molar-refractivity contribution in [3.63, 3.8) is 0 Å². The van der Waals surface area contributed by atoms with Gasteiger partial charge in [-0.05, 0) is 32.0 Å². The van der Waals surface area contributed by atoms with Gasteiger partial charge in [0.15, 0.2) is 5.58 Å². The molecule has 0 atom stereocenters. The number of hydrogen-bond acceptors (Lipinski definition) is 2. The second-order valence-corrected chi connectivity index (χ2v) is 5.46. The van der Waals surface area contributed by atoms with Crippen LogP contribution in [0.4, 0.5) is 0 Å². The van der Waals surface area contributed by atoms with Crippen LogP contribution in [0.25, 0.3) is 33.2 Å². The zero-order chi connectivity index (χ0) is 14.4. The molecule has 2 heteroatoms. The Morgan fingerprint density at radius 2 is 1.71 bits per heavy atom. The molecule has 0 fully saturated rings.